The van der Waals surface area contributed by atoms with Crippen LogP contribution in [0.15, 0.2) is 0 Å². The van der Waals surface area contributed by atoms with E-state index in [0.717, 1.165) is 0 Å². The smallest absolute Gasteiger partial charge is 0.324 e. The summed E-state index contributed by atoms with van der Waals surface area (Å²) >= 11 is 10.7. The maximum absolute atomic E-state index is 10.4. The van der Waals surface area contributed by atoms with Crippen molar-refractivity contribution in [3.8, 4) is 0 Å². The molecule has 1 rings (SSSR count). The SMILES string of the molecule is O=C(O)C1(C(=O)O)CC1(Cl)Cl. The molecule has 0 spiro atoms. The van der Waals surface area contributed by atoms with E-state index in [1.807, 2.05) is 0 Å². The van der Waals surface area contributed by atoms with Crippen LogP contribution in [0.1, 0.15) is 6.42 Å². The van der Waals surface area contributed by atoms with Gasteiger partial charge in [0.2, 0.25) is 0 Å². The fraction of sp³-hybridized carbons (Fsp3) is 0.600. The van der Waals surface area contributed by atoms with Crippen LogP contribution in [0.5, 0.6) is 0 Å². The largest absolute Gasteiger partial charge is 0.480 e. The number of carbonyl (C=O) groups is 2. The molecule has 1 fully saturated rings. The Morgan fingerprint density at radius 1 is 1.18 bits per heavy atom. The normalized spacial score (nSPS) is 24.2. The summed E-state index contributed by atoms with van der Waals surface area (Å²) in [5.41, 5.74) is -1.99. The van der Waals surface area contributed by atoms with Crippen LogP contribution in [0.2, 0.25) is 0 Å². The summed E-state index contributed by atoms with van der Waals surface area (Å²) in [7, 11) is 0. The monoisotopic (exact) mass is 198 g/mol. The van der Waals surface area contributed by atoms with Gasteiger partial charge in [-0.3, -0.25) is 9.59 Å². The van der Waals surface area contributed by atoms with Gasteiger partial charge in [0.1, 0.15) is 4.33 Å². The number of hydrogen-bond donors (Lipinski definition) is 2. The van der Waals surface area contributed by atoms with Gasteiger partial charge >= 0.3 is 11.9 Å². The Balaban J connectivity index is 2.98. The second kappa shape index (κ2) is 2.01. The Kier molecular flexibility index (Phi) is 1.58. The lowest BCUT2D eigenvalue weighted by atomic mass is 10.1. The summed E-state index contributed by atoms with van der Waals surface area (Å²) in [6.45, 7) is 0. The summed E-state index contributed by atoms with van der Waals surface area (Å²) in [5.74, 6) is -2.98. The van der Waals surface area contributed by atoms with Crippen LogP contribution in [-0.2, 0) is 9.59 Å². The molecule has 6 heteroatoms. The van der Waals surface area contributed by atoms with E-state index >= 15 is 0 Å². The number of carboxylic acids is 2. The average molecular weight is 199 g/mol. The van der Waals surface area contributed by atoms with Crippen molar-refractivity contribution in [2.45, 2.75) is 10.8 Å². The van der Waals surface area contributed by atoms with E-state index in [-0.39, 0.29) is 6.42 Å². The Hall–Kier alpha value is -0.480. The highest BCUT2D eigenvalue weighted by molar-refractivity contribution is 6.55. The molecular formula is C5H4Cl2O4. The molecule has 1 aliphatic carbocycles. The molecule has 62 valence electrons. The van der Waals surface area contributed by atoms with Gasteiger partial charge in [0, 0.05) is 6.42 Å². The zero-order valence-electron chi connectivity index (χ0n) is 5.17. The third-order valence-electron chi connectivity index (χ3n) is 1.72. The predicted molar refractivity (Wildman–Crippen MR) is 36.8 cm³/mol. The highest BCUT2D eigenvalue weighted by Gasteiger charge is 2.77. The third-order valence-corrected chi connectivity index (χ3v) is 2.63. The van der Waals surface area contributed by atoms with E-state index < -0.39 is 21.7 Å². The van der Waals surface area contributed by atoms with Crippen molar-refractivity contribution in [3.05, 3.63) is 0 Å². The van der Waals surface area contributed by atoms with E-state index in [9.17, 15) is 9.59 Å². The first-order chi connectivity index (χ1) is 4.84. The zero-order valence-corrected chi connectivity index (χ0v) is 6.69. The van der Waals surface area contributed by atoms with Crippen LogP contribution in [-0.4, -0.2) is 26.5 Å². The molecule has 1 saturated carbocycles. The van der Waals surface area contributed by atoms with E-state index in [0.29, 0.717) is 0 Å². The lowest BCUT2D eigenvalue weighted by Gasteiger charge is -2.05. The molecule has 0 bridgehead atoms. The number of hydrogen-bond acceptors (Lipinski definition) is 2. The molecule has 11 heavy (non-hydrogen) atoms. The van der Waals surface area contributed by atoms with Crippen molar-refractivity contribution in [2.75, 3.05) is 0 Å². The first kappa shape index (κ1) is 8.62. The molecule has 0 saturated heterocycles. The molecule has 0 atom stereocenters. The molecule has 0 aromatic rings. The van der Waals surface area contributed by atoms with Crippen molar-refractivity contribution in [1.29, 1.82) is 0 Å². The zero-order chi connectivity index (χ0) is 8.86. The van der Waals surface area contributed by atoms with Gasteiger partial charge in [0.05, 0.1) is 0 Å². The van der Waals surface area contributed by atoms with Crippen LogP contribution < -0.4 is 0 Å². The Labute approximate surface area is 71.7 Å². The second-order valence-electron chi connectivity index (χ2n) is 2.40. The summed E-state index contributed by atoms with van der Waals surface area (Å²) < 4.78 is -1.65. The second-order valence-corrected chi connectivity index (χ2v) is 3.88. The van der Waals surface area contributed by atoms with Crippen molar-refractivity contribution in [2.24, 2.45) is 5.41 Å². The minimum Gasteiger partial charge on any atom is -0.480 e. The number of rotatable bonds is 2. The fourth-order valence-electron chi connectivity index (χ4n) is 0.844. The van der Waals surface area contributed by atoms with Gasteiger partial charge in [-0.25, -0.2) is 0 Å². The molecule has 1 aliphatic rings. The minimum absolute atomic E-state index is 0.242. The van der Waals surface area contributed by atoms with Crippen LogP contribution in [0.3, 0.4) is 0 Å². The number of aliphatic carboxylic acids is 2. The quantitative estimate of drug-likeness (QED) is 0.507. The summed E-state index contributed by atoms with van der Waals surface area (Å²) in [5, 5.41) is 16.9. The lowest BCUT2D eigenvalue weighted by Crippen LogP contribution is -2.30. The molecule has 2 N–H and O–H groups in total. The first-order valence-corrected chi connectivity index (χ1v) is 3.45. The maximum atomic E-state index is 10.4. The molecule has 0 aromatic heterocycles. The highest BCUT2D eigenvalue weighted by Crippen LogP contribution is 2.64. The predicted octanol–water partition coefficient (Wildman–Crippen LogP) is 0.720. The fourth-order valence-corrected chi connectivity index (χ4v) is 1.57. The van der Waals surface area contributed by atoms with Crippen LogP contribution in [0, 0.1) is 5.41 Å². The van der Waals surface area contributed by atoms with Crippen molar-refractivity contribution in [3.63, 3.8) is 0 Å². The number of alkyl halides is 2. The molecule has 0 aromatic carbocycles. The maximum Gasteiger partial charge on any atom is 0.324 e. The summed E-state index contributed by atoms with van der Waals surface area (Å²) in [4.78, 5) is 20.8. The van der Waals surface area contributed by atoms with Crippen LogP contribution >= 0.6 is 23.2 Å². The molecule has 0 amide bonds. The average Bonchev–Trinajstić information content (AvgIpc) is 2.35. The van der Waals surface area contributed by atoms with Gasteiger partial charge in [0.25, 0.3) is 0 Å². The molecule has 0 aliphatic heterocycles. The third kappa shape index (κ3) is 0.895. The molecule has 0 heterocycles. The Morgan fingerprint density at radius 2 is 1.45 bits per heavy atom. The van der Waals surface area contributed by atoms with Crippen LogP contribution in [0.4, 0.5) is 0 Å². The van der Waals surface area contributed by atoms with E-state index in [2.05, 4.69) is 0 Å². The number of halogens is 2. The molecule has 0 unspecified atom stereocenters. The van der Waals surface area contributed by atoms with Gasteiger partial charge in [-0.05, 0) is 0 Å². The van der Waals surface area contributed by atoms with Crippen molar-refractivity contribution < 1.29 is 19.8 Å². The molecular weight excluding hydrogens is 195 g/mol. The molecule has 4 nitrogen and oxygen atoms in total. The lowest BCUT2D eigenvalue weighted by molar-refractivity contribution is -0.156. The van der Waals surface area contributed by atoms with Crippen molar-refractivity contribution >= 4 is 35.1 Å². The molecule has 0 radical (unpaired) electrons. The van der Waals surface area contributed by atoms with Gasteiger partial charge < -0.3 is 10.2 Å². The summed E-state index contributed by atoms with van der Waals surface area (Å²) in [6.07, 6.45) is -0.242. The number of carboxylic acid groups (broad SMARTS) is 2. The standard InChI is InChI=1S/C5H4Cl2O4/c6-5(7)1-4(5,2(8)9)3(10)11/h1H2,(H,8,9)(H,10,11). The van der Waals surface area contributed by atoms with Gasteiger partial charge in [-0.15, -0.1) is 0 Å². The van der Waals surface area contributed by atoms with Crippen molar-refractivity contribution in [1.82, 2.24) is 0 Å². The van der Waals surface area contributed by atoms with Crippen LogP contribution in [0.25, 0.3) is 0 Å². The first-order valence-electron chi connectivity index (χ1n) is 2.69. The van der Waals surface area contributed by atoms with Gasteiger partial charge in [-0.1, -0.05) is 23.2 Å². The van der Waals surface area contributed by atoms with E-state index in [4.69, 9.17) is 33.4 Å². The Bertz CT molecular complexity index is 221. The van der Waals surface area contributed by atoms with Gasteiger partial charge in [0.15, 0.2) is 5.41 Å². The topological polar surface area (TPSA) is 74.6 Å². The summed E-state index contributed by atoms with van der Waals surface area (Å²) in [6, 6.07) is 0. The highest BCUT2D eigenvalue weighted by atomic mass is 35.5. The minimum atomic E-state index is -1.99. The van der Waals surface area contributed by atoms with Gasteiger partial charge in [-0.2, -0.15) is 0 Å². The Morgan fingerprint density at radius 3 is 1.45 bits per heavy atom. The van der Waals surface area contributed by atoms with E-state index in [1.165, 1.54) is 0 Å². The van der Waals surface area contributed by atoms with E-state index in [1.54, 1.807) is 0 Å².